The van der Waals surface area contributed by atoms with Crippen molar-refractivity contribution in [2.75, 3.05) is 6.54 Å². The molecule has 3 unspecified atom stereocenters. The molecule has 1 aromatic heterocycles. The fraction of sp³-hybridized carbons (Fsp3) is 0.583. The molecule has 2 rings (SSSR count). The minimum Gasteiger partial charge on any atom is -0.344 e. The van der Waals surface area contributed by atoms with Crippen LogP contribution in [-0.2, 0) is 4.79 Å². The first-order chi connectivity index (χ1) is 8.88. The minimum absolute atomic E-state index is 0.148. The molecule has 7 heteroatoms. The molecule has 0 aromatic carbocycles. The van der Waals surface area contributed by atoms with Crippen molar-refractivity contribution < 1.29 is 18.0 Å². The highest BCUT2D eigenvalue weighted by Crippen LogP contribution is 2.29. The molecule has 0 spiro atoms. The molecule has 106 valence electrons. The van der Waals surface area contributed by atoms with Gasteiger partial charge >= 0.3 is 12.1 Å². The average molecular weight is 292 g/mol. The molecule has 0 bridgehead atoms. The number of rotatable bonds is 2. The lowest BCUT2D eigenvalue weighted by atomic mass is 9.89. The second-order valence-corrected chi connectivity index (χ2v) is 5.70. The van der Waals surface area contributed by atoms with Gasteiger partial charge in [-0.25, -0.2) is 0 Å². The van der Waals surface area contributed by atoms with Gasteiger partial charge in [0.2, 0.25) is 0 Å². The SMILES string of the molecule is CC1NCC(c2cccs2)CC1NC(=O)C(F)(F)F. The molecule has 2 N–H and O–H groups in total. The number of amides is 1. The van der Waals surface area contributed by atoms with Gasteiger partial charge in [0.15, 0.2) is 0 Å². The smallest absolute Gasteiger partial charge is 0.344 e. The van der Waals surface area contributed by atoms with E-state index in [2.05, 4.69) is 10.6 Å². The van der Waals surface area contributed by atoms with E-state index in [9.17, 15) is 18.0 Å². The Morgan fingerprint density at radius 1 is 1.53 bits per heavy atom. The van der Waals surface area contributed by atoms with Crippen molar-refractivity contribution in [3.63, 3.8) is 0 Å². The summed E-state index contributed by atoms with van der Waals surface area (Å²) in [5.41, 5.74) is 0. The summed E-state index contributed by atoms with van der Waals surface area (Å²) in [6.07, 6.45) is -4.30. The molecule has 19 heavy (non-hydrogen) atoms. The van der Waals surface area contributed by atoms with Crippen molar-refractivity contribution in [2.24, 2.45) is 0 Å². The van der Waals surface area contributed by atoms with Gasteiger partial charge in [-0.2, -0.15) is 13.2 Å². The van der Waals surface area contributed by atoms with Crippen LogP contribution in [0.4, 0.5) is 13.2 Å². The normalized spacial score (nSPS) is 28.1. The molecule has 1 saturated heterocycles. The van der Waals surface area contributed by atoms with Crippen LogP contribution in [0, 0.1) is 0 Å². The molecule has 0 saturated carbocycles. The standard InChI is InChI=1S/C12H15F3N2OS/c1-7-9(17-11(18)12(13,14)15)5-8(6-16-7)10-3-2-4-19-10/h2-4,7-9,16H,5-6H2,1H3,(H,17,18). The number of piperidine rings is 1. The zero-order chi connectivity index (χ0) is 14.0. The third kappa shape index (κ3) is 3.48. The summed E-state index contributed by atoms with van der Waals surface area (Å²) in [6, 6.07) is 3.22. The van der Waals surface area contributed by atoms with Crippen LogP contribution in [0.5, 0.6) is 0 Å². The maximum atomic E-state index is 12.3. The van der Waals surface area contributed by atoms with Crippen LogP contribution in [-0.4, -0.2) is 30.7 Å². The number of halogens is 3. The van der Waals surface area contributed by atoms with Crippen molar-refractivity contribution in [3.8, 4) is 0 Å². The summed E-state index contributed by atoms with van der Waals surface area (Å²) in [5, 5.41) is 7.17. The number of carbonyl (C=O) groups is 1. The minimum atomic E-state index is -4.82. The van der Waals surface area contributed by atoms with Crippen molar-refractivity contribution in [2.45, 2.75) is 37.5 Å². The number of alkyl halides is 3. The third-order valence-electron chi connectivity index (χ3n) is 3.35. The van der Waals surface area contributed by atoms with Crippen LogP contribution in [0.3, 0.4) is 0 Å². The van der Waals surface area contributed by atoms with Gasteiger partial charge in [0.1, 0.15) is 0 Å². The fourth-order valence-corrected chi connectivity index (χ4v) is 3.08. The Kier molecular flexibility index (Phi) is 4.15. The van der Waals surface area contributed by atoms with E-state index in [-0.39, 0.29) is 12.0 Å². The summed E-state index contributed by atoms with van der Waals surface area (Å²) >= 11 is 1.58. The highest BCUT2D eigenvalue weighted by atomic mass is 32.1. The summed E-state index contributed by atoms with van der Waals surface area (Å²) in [6.45, 7) is 2.51. The van der Waals surface area contributed by atoms with Crippen LogP contribution >= 0.6 is 11.3 Å². The lowest BCUT2D eigenvalue weighted by Gasteiger charge is -2.35. The first-order valence-corrected chi connectivity index (χ1v) is 6.90. The monoisotopic (exact) mass is 292 g/mol. The number of hydrogen-bond donors (Lipinski definition) is 2. The lowest BCUT2D eigenvalue weighted by Crippen LogP contribution is -2.56. The van der Waals surface area contributed by atoms with E-state index in [1.54, 1.807) is 18.3 Å². The average Bonchev–Trinajstić information content (AvgIpc) is 2.84. The summed E-state index contributed by atoms with van der Waals surface area (Å²) in [4.78, 5) is 12.1. The zero-order valence-electron chi connectivity index (χ0n) is 10.3. The van der Waals surface area contributed by atoms with Crippen molar-refractivity contribution in [3.05, 3.63) is 22.4 Å². The maximum absolute atomic E-state index is 12.3. The van der Waals surface area contributed by atoms with Gasteiger partial charge in [0, 0.05) is 29.4 Å². The van der Waals surface area contributed by atoms with E-state index in [1.165, 1.54) is 0 Å². The molecule has 0 radical (unpaired) electrons. The first-order valence-electron chi connectivity index (χ1n) is 6.02. The number of hydrogen-bond acceptors (Lipinski definition) is 3. The molecule has 3 atom stereocenters. The molecule has 1 aliphatic rings. The van der Waals surface area contributed by atoms with E-state index in [0.29, 0.717) is 6.42 Å². The summed E-state index contributed by atoms with van der Waals surface area (Å²) < 4.78 is 36.8. The summed E-state index contributed by atoms with van der Waals surface area (Å²) in [5.74, 6) is -1.72. The van der Waals surface area contributed by atoms with Gasteiger partial charge in [-0.15, -0.1) is 11.3 Å². The van der Waals surface area contributed by atoms with Crippen molar-refractivity contribution in [1.82, 2.24) is 10.6 Å². The van der Waals surface area contributed by atoms with E-state index in [0.717, 1.165) is 11.4 Å². The van der Waals surface area contributed by atoms with Crippen molar-refractivity contribution in [1.29, 1.82) is 0 Å². The predicted molar refractivity (Wildman–Crippen MR) is 67.1 cm³/mol. The fourth-order valence-electron chi connectivity index (χ4n) is 2.24. The third-order valence-corrected chi connectivity index (χ3v) is 4.38. The zero-order valence-corrected chi connectivity index (χ0v) is 11.1. The number of carbonyl (C=O) groups excluding carboxylic acids is 1. The molecule has 1 fully saturated rings. The largest absolute Gasteiger partial charge is 0.471 e. The number of thiophene rings is 1. The molecule has 1 aromatic rings. The van der Waals surface area contributed by atoms with Gasteiger partial charge in [-0.1, -0.05) is 6.07 Å². The molecule has 1 amide bonds. The van der Waals surface area contributed by atoms with Gasteiger partial charge < -0.3 is 10.6 Å². The highest BCUT2D eigenvalue weighted by Gasteiger charge is 2.41. The van der Waals surface area contributed by atoms with Crippen LogP contribution in [0.2, 0.25) is 0 Å². The Bertz CT molecular complexity index is 433. The van der Waals surface area contributed by atoms with Crippen LogP contribution < -0.4 is 10.6 Å². The van der Waals surface area contributed by atoms with Gasteiger partial charge in [-0.05, 0) is 24.8 Å². The van der Waals surface area contributed by atoms with E-state index >= 15 is 0 Å². The molecule has 0 aliphatic carbocycles. The van der Waals surface area contributed by atoms with Gasteiger partial charge in [-0.3, -0.25) is 4.79 Å². The molecular formula is C12H15F3N2OS. The Morgan fingerprint density at radius 2 is 2.26 bits per heavy atom. The van der Waals surface area contributed by atoms with Gasteiger partial charge in [0.05, 0.1) is 0 Å². The Labute approximate surface area is 113 Å². The van der Waals surface area contributed by atoms with E-state index in [4.69, 9.17) is 0 Å². The Morgan fingerprint density at radius 3 is 2.84 bits per heavy atom. The van der Waals surface area contributed by atoms with E-state index in [1.807, 2.05) is 17.5 Å². The quantitative estimate of drug-likeness (QED) is 0.878. The second kappa shape index (κ2) is 5.50. The van der Waals surface area contributed by atoms with Crippen molar-refractivity contribution >= 4 is 17.2 Å². The predicted octanol–water partition coefficient (Wildman–Crippen LogP) is 2.26. The van der Waals surface area contributed by atoms with Crippen LogP contribution in [0.25, 0.3) is 0 Å². The first kappa shape index (κ1) is 14.3. The van der Waals surface area contributed by atoms with Crippen LogP contribution in [0.1, 0.15) is 24.1 Å². The van der Waals surface area contributed by atoms with Gasteiger partial charge in [0.25, 0.3) is 0 Å². The Balaban J connectivity index is 2.01. The maximum Gasteiger partial charge on any atom is 0.471 e. The van der Waals surface area contributed by atoms with E-state index < -0.39 is 18.1 Å². The highest BCUT2D eigenvalue weighted by molar-refractivity contribution is 7.10. The van der Waals surface area contributed by atoms with Crippen LogP contribution in [0.15, 0.2) is 17.5 Å². The molecule has 3 nitrogen and oxygen atoms in total. The molecular weight excluding hydrogens is 277 g/mol. The Hall–Kier alpha value is -1.08. The number of nitrogens with one attached hydrogen (secondary N) is 2. The molecule has 1 aliphatic heterocycles. The topological polar surface area (TPSA) is 41.1 Å². The lowest BCUT2D eigenvalue weighted by molar-refractivity contribution is -0.174. The summed E-state index contributed by atoms with van der Waals surface area (Å²) in [7, 11) is 0. The second-order valence-electron chi connectivity index (χ2n) is 4.72. The molecule has 2 heterocycles.